The van der Waals surface area contributed by atoms with Crippen LogP contribution in [0.2, 0.25) is 0 Å². The van der Waals surface area contributed by atoms with Crippen LogP contribution >= 0.6 is 0 Å². The second-order valence-corrected chi connectivity index (χ2v) is 6.39. The quantitative estimate of drug-likeness (QED) is 0.278. The van der Waals surface area contributed by atoms with Gasteiger partial charge in [-0.05, 0) is 30.2 Å². The smallest absolute Gasteiger partial charge is 0.242 e. The van der Waals surface area contributed by atoms with E-state index in [1.165, 1.54) is 0 Å². The number of aromatic hydroxyl groups is 1. The highest BCUT2D eigenvalue weighted by atomic mass is 16.3. The summed E-state index contributed by atoms with van der Waals surface area (Å²) in [6.07, 6.45) is 0. The van der Waals surface area contributed by atoms with E-state index in [9.17, 15) is 14.7 Å². The molecule has 0 bridgehead atoms. The minimum absolute atomic E-state index is 0.00839. The molecule has 2 rings (SSSR count). The lowest BCUT2D eigenvalue weighted by atomic mass is 10.1. The molecule has 0 aromatic heterocycles. The minimum Gasteiger partial charge on any atom is -0.508 e. The minimum atomic E-state index is -0.667. The number of nitrogens with one attached hydrogen (secondary N) is 4. The average molecular weight is 383 g/mol. The van der Waals surface area contributed by atoms with Gasteiger partial charge >= 0.3 is 0 Å². The maximum absolute atomic E-state index is 12.1. The van der Waals surface area contributed by atoms with Crippen LogP contribution < -0.4 is 21.7 Å². The number of nitrogen functional groups attached to an aromatic ring is 1. The first-order chi connectivity index (χ1) is 13.3. The monoisotopic (exact) mass is 383 g/mol. The number of benzene rings is 2. The van der Waals surface area contributed by atoms with Crippen LogP contribution in [0.5, 0.6) is 5.75 Å². The number of carbonyl (C=O) groups is 2. The molecular formula is C20H25N5O3. The van der Waals surface area contributed by atoms with Crippen molar-refractivity contribution in [3.63, 3.8) is 0 Å². The SMILES string of the molecule is CC(NC(=O)CNCc1ccc(O)cc1)C(=O)NCc1ccc(C(=N)N)cc1. The van der Waals surface area contributed by atoms with Gasteiger partial charge in [0.05, 0.1) is 6.54 Å². The van der Waals surface area contributed by atoms with Crippen molar-refractivity contribution < 1.29 is 14.7 Å². The van der Waals surface area contributed by atoms with Gasteiger partial charge in [0.15, 0.2) is 0 Å². The van der Waals surface area contributed by atoms with Crippen LogP contribution in [0.3, 0.4) is 0 Å². The highest BCUT2D eigenvalue weighted by Crippen LogP contribution is 2.09. The molecule has 28 heavy (non-hydrogen) atoms. The van der Waals surface area contributed by atoms with Crippen molar-refractivity contribution in [2.45, 2.75) is 26.1 Å². The summed E-state index contributed by atoms with van der Waals surface area (Å²) in [5.74, 6) is -0.392. The highest BCUT2D eigenvalue weighted by molar-refractivity contribution is 5.94. The van der Waals surface area contributed by atoms with E-state index in [4.69, 9.17) is 11.1 Å². The first-order valence-electron chi connectivity index (χ1n) is 8.84. The van der Waals surface area contributed by atoms with Crippen LogP contribution in [0.25, 0.3) is 0 Å². The number of phenols is 1. The van der Waals surface area contributed by atoms with Gasteiger partial charge in [-0.25, -0.2) is 0 Å². The van der Waals surface area contributed by atoms with Crippen molar-refractivity contribution >= 4 is 17.6 Å². The fourth-order valence-corrected chi connectivity index (χ4v) is 2.44. The van der Waals surface area contributed by atoms with Gasteiger partial charge in [-0.1, -0.05) is 36.4 Å². The van der Waals surface area contributed by atoms with Crippen molar-refractivity contribution in [3.8, 4) is 5.75 Å². The van der Waals surface area contributed by atoms with Crippen molar-refractivity contribution in [2.75, 3.05) is 6.54 Å². The van der Waals surface area contributed by atoms with Crippen molar-refractivity contribution in [1.82, 2.24) is 16.0 Å². The summed E-state index contributed by atoms with van der Waals surface area (Å²) < 4.78 is 0. The van der Waals surface area contributed by atoms with E-state index in [0.29, 0.717) is 18.7 Å². The summed E-state index contributed by atoms with van der Waals surface area (Å²) in [5.41, 5.74) is 7.83. The molecule has 0 spiro atoms. The zero-order valence-corrected chi connectivity index (χ0v) is 15.7. The van der Waals surface area contributed by atoms with Gasteiger partial charge < -0.3 is 26.8 Å². The molecule has 2 aromatic carbocycles. The predicted molar refractivity (Wildman–Crippen MR) is 107 cm³/mol. The van der Waals surface area contributed by atoms with Crippen LogP contribution in [0.1, 0.15) is 23.6 Å². The number of amides is 2. The molecule has 0 aliphatic heterocycles. The van der Waals surface area contributed by atoms with Crippen LogP contribution in [0.15, 0.2) is 48.5 Å². The lowest BCUT2D eigenvalue weighted by Gasteiger charge is -2.14. The van der Waals surface area contributed by atoms with Gasteiger partial charge in [-0.3, -0.25) is 15.0 Å². The van der Waals surface area contributed by atoms with E-state index >= 15 is 0 Å². The molecule has 2 amide bonds. The molecule has 7 N–H and O–H groups in total. The number of hydrogen-bond donors (Lipinski definition) is 6. The molecule has 0 fully saturated rings. The Bertz CT molecular complexity index is 819. The number of carbonyl (C=O) groups excluding carboxylic acids is 2. The first-order valence-corrected chi connectivity index (χ1v) is 8.84. The van der Waals surface area contributed by atoms with E-state index in [2.05, 4.69) is 16.0 Å². The van der Waals surface area contributed by atoms with E-state index in [1.54, 1.807) is 55.5 Å². The van der Waals surface area contributed by atoms with Crippen molar-refractivity contribution in [3.05, 3.63) is 65.2 Å². The largest absolute Gasteiger partial charge is 0.508 e. The average Bonchev–Trinajstić information content (AvgIpc) is 2.67. The number of rotatable bonds is 9. The molecule has 0 saturated heterocycles. The van der Waals surface area contributed by atoms with E-state index in [0.717, 1.165) is 11.1 Å². The Labute approximate surface area is 163 Å². The highest BCUT2D eigenvalue weighted by Gasteiger charge is 2.15. The number of amidine groups is 1. The third kappa shape index (κ3) is 6.73. The summed E-state index contributed by atoms with van der Waals surface area (Å²) in [4.78, 5) is 24.1. The van der Waals surface area contributed by atoms with Crippen molar-refractivity contribution in [1.29, 1.82) is 5.41 Å². The third-order valence-electron chi connectivity index (χ3n) is 4.05. The Morgan fingerprint density at radius 2 is 1.61 bits per heavy atom. The zero-order valence-electron chi connectivity index (χ0n) is 15.7. The van der Waals surface area contributed by atoms with Gasteiger partial charge in [0.2, 0.25) is 11.8 Å². The van der Waals surface area contributed by atoms with Gasteiger partial charge in [0.25, 0.3) is 0 Å². The molecule has 1 atom stereocenters. The summed E-state index contributed by atoms with van der Waals surface area (Å²) >= 11 is 0. The fourth-order valence-electron chi connectivity index (χ4n) is 2.44. The van der Waals surface area contributed by atoms with Crippen molar-refractivity contribution in [2.24, 2.45) is 5.73 Å². The van der Waals surface area contributed by atoms with Gasteiger partial charge in [0, 0.05) is 18.7 Å². The maximum Gasteiger partial charge on any atom is 0.242 e. The molecule has 8 nitrogen and oxygen atoms in total. The second kappa shape index (κ2) is 10.1. The zero-order chi connectivity index (χ0) is 20.5. The molecular weight excluding hydrogens is 358 g/mol. The maximum atomic E-state index is 12.1. The number of phenolic OH excluding ortho intramolecular Hbond substituents is 1. The van der Waals surface area contributed by atoms with Crippen LogP contribution in [0.4, 0.5) is 0 Å². The topological polar surface area (TPSA) is 140 Å². The third-order valence-corrected chi connectivity index (χ3v) is 4.05. The summed E-state index contributed by atoms with van der Waals surface area (Å²) in [7, 11) is 0. The van der Waals surface area contributed by atoms with E-state index in [1.807, 2.05) is 0 Å². The summed E-state index contributed by atoms with van der Waals surface area (Å²) in [5, 5.41) is 25.0. The van der Waals surface area contributed by atoms with Crippen LogP contribution in [-0.4, -0.2) is 35.3 Å². The molecule has 0 heterocycles. The molecule has 0 radical (unpaired) electrons. The van der Waals surface area contributed by atoms with Crippen LogP contribution in [-0.2, 0) is 22.7 Å². The molecule has 0 aliphatic carbocycles. The Kier molecular flexibility index (Phi) is 7.53. The number of hydrogen-bond acceptors (Lipinski definition) is 5. The first kappa shape index (κ1) is 20.9. The fraction of sp³-hybridized carbons (Fsp3) is 0.250. The van der Waals surface area contributed by atoms with E-state index < -0.39 is 6.04 Å². The lowest BCUT2D eigenvalue weighted by molar-refractivity contribution is -0.128. The Hall–Kier alpha value is -3.39. The number of nitrogens with two attached hydrogens (primary N) is 1. The van der Waals surface area contributed by atoms with E-state index in [-0.39, 0.29) is 29.9 Å². The van der Waals surface area contributed by atoms with Gasteiger partial charge in [-0.15, -0.1) is 0 Å². The van der Waals surface area contributed by atoms with Crippen LogP contribution in [0, 0.1) is 5.41 Å². The molecule has 0 saturated carbocycles. The molecule has 2 aromatic rings. The normalized spacial score (nSPS) is 11.5. The second-order valence-electron chi connectivity index (χ2n) is 6.39. The Morgan fingerprint density at radius 3 is 2.21 bits per heavy atom. The lowest BCUT2D eigenvalue weighted by Crippen LogP contribution is -2.47. The molecule has 0 aliphatic rings. The predicted octanol–water partition coefficient (Wildman–Crippen LogP) is 0.587. The summed E-state index contributed by atoms with van der Waals surface area (Å²) in [6, 6.07) is 13.0. The molecule has 148 valence electrons. The molecule has 1 unspecified atom stereocenters. The molecule has 8 heteroatoms. The summed E-state index contributed by atoms with van der Waals surface area (Å²) in [6.45, 7) is 2.48. The Balaban J connectivity index is 1.69. The van der Waals surface area contributed by atoms with Gasteiger partial charge in [-0.2, -0.15) is 0 Å². The van der Waals surface area contributed by atoms with Gasteiger partial charge in [0.1, 0.15) is 17.6 Å². The standard InChI is InChI=1S/C20H25N5O3/c1-13(20(28)24-11-15-2-6-16(7-3-15)19(21)22)25-18(27)12-23-10-14-4-8-17(26)9-5-14/h2-9,13,23,26H,10-12H2,1H3,(H3,21,22)(H,24,28)(H,25,27). The Morgan fingerprint density at radius 1 is 1.04 bits per heavy atom.